The molecule has 3 N–H and O–H groups in total. The number of halogens is 1. The number of hydrogen-bond donors (Lipinski definition) is 2. The van der Waals surface area contributed by atoms with Gasteiger partial charge in [0.15, 0.2) is 5.82 Å². The van der Waals surface area contributed by atoms with Crippen LogP contribution >= 0.6 is 0 Å². The fourth-order valence-electron chi connectivity index (χ4n) is 1.88. The van der Waals surface area contributed by atoms with Crippen molar-refractivity contribution in [2.45, 2.75) is 20.3 Å². The van der Waals surface area contributed by atoms with E-state index in [1.54, 1.807) is 12.1 Å². The molecule has 2 aromatic rings. The van der Waals surface area contributed by atoms with Gasteiger partial charge in [-0.1, -0.05) is 13.8 Å². The maximum absolute atomic E-state index is 12.9. The quantitative estimate of drug-likeness (QED) is 0.889. The first-order valence-electron chi connectivity index (χ1n) is 7.14. The number of nitrogens with one attached hydrogen (secondary N) is 1. The van der Waals surface area contributed by atoms with Crippen LogP contribution in [0.4, 0.5) is 10.2 Å². The van der Waals surface area contributed by atoms with Crippen molar-refractivity contribution in [1.29, 1.82) is 0 Å². The van der Waals surface area contributed by atoms with Crippen LogP contribution in [0.5, 0.6) is 0 Å². The summed E-state index contributed by atoms with van der Waals surface area (Å²) in [5, 5.41) is 2.79. The molecule has 1 amide bonds. The lowest BCUT2D eigenvalue weighted by atomic mass is 10.1. The van der Waals surface area contributed by atoms with Crippen molar-refractivity contribution < 1.29 is 9.18 Å². The molecule has 5 nitrogen and oxygen atoms in total. The normalized spacial score (nSPS) is 10.7. The summed E-state index contributed by atoms with van der Waals surface area (Å²) in [6, 6.07) is 5.77. The van der Waals surface area contributed by atoms with Gasteiger partial charge in [-0.2, -0.15) is 0 Å². The smallest absolute Gasteiger partial charge is 0.256 e. The maximum atomic E-state index is 12.9. The van der Waals surface area contributed by atoms with Crippen molar-refractivity contribution in [3.8, 4) is 11.4 Å². The number of rotatable bonds is 5. The first-order valence-corrected chi connectivity index (χ1v) is 7.14. The predicted octanol–water partition coefficient (Wildman–Crippen LogP) is 2.64. The van der Waals surface area contributed by atoms with E-state index in [4.69, 9.17) is 5.73 Å². The molecule has 0 aliphatic rings. The highest BCUT2D eigenvalue weighted by Gasteiger charge is 2.13. The molecule has 0 bridgehead atoms. The van der Waals surface area contributed by atoms with Gasteiger partial charge in [0.1, 0.15) is 11.6 Å². The standard InChI is InChI=1S/C16H19FN4O/c1-10(2)7-8-19-16(22)13-9-20-15(21-14(13)18)11-3-5-12(17)6-4-11/h3-6,9-10H,7-8H2,1-2H3,(H,19,22)(H2,18,20,21). The van der Waals surface area contributed by atoms with Gasteiger partial charge in [-0.15, -0.1) is 0 Å². The summed E-state index contributed by atoms with van der Waals surface area (Å²) in [5.74, 6) is 0.351. The van der Waals surface area contributed by atoms with E-state index in [0.717, 1.165) is 6.42 Å². The van der Waals surface area contributed by atoms with Crippen LogP contribution in [0.3, 0.4) is 0 Å². The Morgan fingerprint density at radius 2 is 2.00 bits per heavy atom. The van der Waals surface area contributed by atoms with Crippen LogP contribution in [0.1, 0.15) is 30.6 Å². The minimum atomic E-state index is -0.335. The summed E-state index contributed by atoms with van der Waals surface area (Å²) in [6.07, 6.45) is 2.28. The molecule has 22 heavy (non-hydrogen) atoms. The van der Waals surface area contributed by atoms with Crippen LogP contribution in [0, 0.1) is 11.7 Å². The number of anilines is 1. The topological polar surface area (TPSA) is 80.9 Å². The molecule has 6 heteroatoms. The van der Waals surface area contributed by atoms with Gasteiger partial charge in [0, 0.05) is 18.3 Å². The number of aromatic nitrogens is 2. The van der Waals surface area contributed by atoms with E-state index in [9.17, 15) is 9.18 Å². The molecule has 1 aromatic carbocycles. The number of amides is 1. The Hall–Kier alpha value is -2.50. The van der Waals surface area contributed by atoms with Crippen LogP contribution in [0.2, 0.25) is 0 Å². The zero-order valence-corrected chi connectivity index (χ0v) is 12.6. The molecular formula is C16H19FN4O. The number of nitrogens with zero attached hydrogens (tertiary/aromatic N) is 2. The Bertz CT molecular complexity index is 656. The van der Waals surface area contributed by atoms with E-state index in [2.05, 4.69) is 29.1 Å². The average Bonchev–Trinajstić information content (AvgIpc) is 2.47. The summed E-state index contributed by atoms with van der Waals surface area (Å²) >= 11 is 0. The van der Waals surface area contributed by atoms with E-state index in [0.29, 0.717) is 23.9 Å². The predicted molar refractivity (Wildman–Crippen MR) is 83.6 cm³/mol. The van der Waals surface area contributed by atoms with Gasteiger partial charge in [0.2, 0.25) is 0 Å². The molecular weight excluding hydrogens is 283 g/mol. The van der Waals surface area contributed by atoms with Gasteiger partial charge in [0.05, 0.1) is 5.56 Å². The minimum absolute atomic E-state index is 0.108. The van der Waals surface area contributed by atoms with Crippen LogP contribution < -0.4 is 11.1 Å². The summed E-state index contributed by atoms with van der Waals surface area (Å²) in [4.78, 5) is 20.3. The van der Waals surface area contributed by atoms with Crippen molar-refractivity contribution >= 4 is 11.7 Å². The van der Waals surface area contributed by atoms with E-state index in [-0.39, 0.29) is 23.1 Å². The van der Waals surface area contributed by atoms with Crippen LogP contribution in [0.15, 0.2) is 30.5 Å². The third-order valence-corrected chi connectivity index (χ3v) is 3.17. The van der Waals surface area contributed by atoms with E-state index in [1.165, 1.54) is 18.3 Å². The second-order valence-corrected chi connectivity index (χ2v) is 5.44. The lowest BCUT2D eigenvalue weighted by molar-refractivity contribution is 0.0952. The van der Waals surface area contributed by atoms with Crippen molar-refractivity contribution in [3.05, 3.63) is 41.8 Å². The number of benzene rings is 1. The molecule has 116 valence electrons. The molecule has 0 spiro atoms. The first-order chi connectivity index (χ1) is 10.5. The Morgan fingerprint density at radius 1 is 1.32 bits per heavy atom. The second-order valence-electron chi connectivity index (χ2n) is 5.44. The fourth-order valence-corrected chi connectivity index (χ4v) is 1.88. The largest absolute Gasteiger partial charge is 0.383 e. The molecule has 1 aromatic heterocycles. The fraction of sp³-hybridized carbons (Fsp3) is 0.312. The van der Waals surface area contributed by atoms with Gasteiger partial charge in [0.25, 0.3) is 5.91 Å². The Morgan fingerprint density at radius 3 is 2.59 bits per heavy atom. The molecule has 0 unspecified atom stereocenters. The van der Waals surface area contributed by atoms with Crippen LogP contribution in [-0.2, 0) is 0 Å². The molecule has 1 heterocycles. The van der Waals surface area contributed by atoms with Gasteiger partial charge >= 0.3 is 0 Å². The summed E-state index contributed by atoms with van der Waals surface area (Å²) < 4.78 is 12.9. The van der Waals surface area contributed by atoms with Gasteiger partial charge in [-0.25, -0.2) is 14.4 Å². The number of nitrogens with two attached hydrogens (primary N) is 1. The lowest BCUT2D eigenvalue weighted by Gasteiger charge is -2.09. The van der Waals surface area contributed by atoms with Crippen molar-refractivity contribution in [3.63, 3.8) is 0 Å². The highest BCUT2D eigenvalue weighted by molar-refractivity contribution is 5.98. The molecule has 0 saturated heterocycles. The van der Waals surface area contributed by atoms with E-state index >= 15 is 0 Å². The highest BCUT2D eigenvalue weighted by Crippen LogP contribution is 2.18. The van der Waals surface area contributed by atoms with Crippen molar-refractivity contribution in [2.75, 3.05) is 12.3 Å². The molecule has 0 saturated carbocycles. The van der Waals surface area contributed by atoms with Gasteiger partial charge < -0.3 is 11.1 Å². The second kappa shape index (κ2) is 6.98. The maximum Gasteiger partial charge on any atom is 0.256 e. The zero-order valence-electron chi connectivity index (χ0n) is 12.6. The SMILES string of the molecule is CC(C)CCNC(=O)c1cnc(-c2ccc(F)cc2)nc1N. The van der Waals surface area contributed by atoms with Crippen LogP contribution in [-0.4, -0.2) is 22.4 Å². The van der Waals surface area contributed by atoms with Gasteiger partial charge in [-0.3, -0.25) is 4.79 Å². The first kappa shape index (κ1) is 15.9. The monoisotopic (exact) mass is 302 g/mol. The lowest BCUT2D eigenvalue weighted by Crippen LogP contribution is -2.26. The van der Waals surface area contributed by atoms with Crippen molar-refractivity contribution in [1.82, 2.24) is 15.3 Å². The van der Waals surface area contributed by atoms with E-state index in [1.807, 2.05) is 0 Å². The molecule has 0 radical (unpaired) electrons. The van der Waals surface area contributed by atoms with Crippen molar-refractivity contribution in [2.24, 2.45) is 5.92 Å². The molecule has 0 aliphatic heterocycles. The molecule has 2 rings (SSSR count). The zero-order chi connectivity index (χ0) is 16.1. The third kappa shape index (κ3) is 4.00. The third-order valence-electron chi connectivity index (χ3n) is 3.17. The number of nitrogen functional groups attached to an aromatic ring is 1. The highest BCUT2D eigenvalue weighted by atomic mass is 19.1. The summed E-state index contributed by atoms with van der Waals surface area (Å²) in [5.41, 5.74) is 6.72. The molecule has 0 atom stereocenters. The number of carbonyl (C=O) groups is 1. The Kier molecular flexibility index (Phi) is 5.04. The molecule has 0 fully saturated rings. The number of carbonyl (C=O) groups excluding carboxylic acids is 1. The van der Waals surface area contributed by atoms with E-state index < -0.39 is 0 Å². The summed E-state index contributed by atoms with van der Waals surface area (Å²) in [7, 11) is 0. The average molecular weight is 302 g/mol. The summed E-state index contributed by atoms with van der Waals surface area (Å²) in [6.45, 7) is 4.75. The number of hydrogen-bond acceptors (Lipinski definition) is 4. The van der Waals surface area contributed by atoms with Gasteiger partial charge in [-0.05, 0) is 36.6 Å². The Labute approximate surface area is 128 Å². The Balaban J connectivity index is 2.12. The van der Waals surface area contributed by atoms with Crippen LogP contribution in [0.25, 0.3) is 11.4 Å². The molecule has 0 aliphatic carbocycles. The minimum Gasteiger partial charge on any atom is -0.383 e.